The number of halogens is 1. The van der Waals surface area contributed by atoms with Crippen LogP contribution in [-0.4, -0.2) is 47.9 Å². The van der Waals surface area contributed by atoms with E-state index in [2.05, 4.69) is 10.3 Å². The molecule has 1 aromatic rings. The lowest BCUT2D eigenvalue weighted by atomic mass is 9.87. The lowest BCUT2D eigenvalue weighted by Gasteiger charge is -2.33. The van der Waals surface area contributed by atoms with Crippen LogP contribution in [0.5, 0.6) is 0 Å². The van der Waals surface area contributed by atoms with Gasteiger partial charge in [-0.2, -0.15) is 4.99 Å². The van der Waals surface area contributed by atoms with Crippen molar-refractivity contribution in [3.63, 3.8) is 0 Å². The molecule has 9 heteroatoms. The zero-order valence-electron chi connectivity index (χ0n) is 16.3. The molecule has 1 unspecified atom stereocenters. The van der Waals surface area contributed by atoms with Crippen LogP contribution < -0.4 is 5.32 Å². The first-order valence-electron chi connectivity index (χ1n) is 9.37. The Bertz CT molecular complexity index is 882. The van der Waals surface area contributed by atoms with Gasteiger partial charge in [-0.25, -0.2) is 17.1 Å². The molecule has 2 heterocycles. The highest BCUT2D eigenvalue weighted by Gasteiger charge is 2.43. The Balaban J connectivity index is 1.58. The molecule has 0 saturated carbocycles. The highest BCUT2D eigenvalue weighted by Crippen LogP contribution is 2.41. The number of amides is 1. The summed E-state index contributed by atoms with van der Waals surface area (Å²) in [5.41, 5.74) is 0.528. The van der Waals surface area contributed by atoms with Crippen molar-refractivity contribution in [2.24, 2.45) is 10.9 Å². The molecule has 0 radical (unpaired) electrons. The van der Waals surface area contributed by atoms with Gasteiger partial charge in [-0.05, 0) is 45.1 Å². The Morgan fingerprint density at radius 3 is 2.61 bits per heavy atom. The lowest BCUT2D eigenvalue weighted by Crippen LogP contribution is -2.40. The SMILES string of the molecule is C[C@H](NC1=NC(=O)C(C)(CC2CCN(S(C)(=O)=O)CC2)S1)c1ccccc1F. The third-order valence-corrected chi connectivity index (χ3v) is 7.91. The fraction of sp³-hybridized carbons (Fsp3) is 0.579. The number of piperidine rings is 1. The largest absolute Gasteiger partial charge is 0.358 e. The summed E-state index contributed by atoms with van der Waals surface area (Å²) >= 11 is 1.38. The number of amidine groups is 1. The van der Waals surface area contributed by atoms with Gasteiger partial charge in [0, 0.05) is 18.7 Å². The van der Waals surface area contributed by atoms with Crippen molar-refractivity contribution in [2.75, 3.05) is 19.3 Å². The molecule has 2 aliphatic heterocycles. The maximum Gasteiger partial charge on any atom is 0.264 e. The second-order valence-electron chi connectivity index (χ2n) is 7.75. The summed E-state index contributed by atoms with van der Waals surface area (Å²) in [6, 6.07) is 6.24. The number of hydrogen-bond donors (Lipinski definition) is 1. The standard InChI is InChI=1S/C19H26FN3O3S2/c1-13(15-6-4-5-7-16(15)20)21-18-22-17(24)19(2,27-18)12-14-8-10-23(11-9-14)28(3,25)26/h4-7,13-14H,8-12H2,1-3H3,(H,21,22,24)/t13-,19?/m0/s1. The van der Waals surface area contributed by atoms with Crippen LogP contribution in [0, 0.1) is 11.7 Å². The monoisotopic (exact) mass is 427 g/mol. The van der Waals surface area contributed by atoms with Crippen LogP contribution in [-0.2, 0) is 14.8 Å². The van der Waals surface area contributed by atoms with E-state index in [4.69, 9.17) is 0 Å². The number of benzene rings is 1. The lowest BCUT2D eigenvalue weighted by molar-refractivity contribution is -0.119. The Kier molecular flexibility index (Phi) is 6.17. The average Bonchev–Trinajstić information content (AvgIpc) is 2.88. The Labute approximate surface area is 170 Å². The Morgan fingerprint density at radius 1 is 1.36 bits per heavy atom. The highest BCUT2D eigenvalue weighted by atomic mass is 32.2. The zero-order chi connectivity index (χ0) is 20.5. The normalized spacial score (nSPS) is 25.6. The summed E-state index contributed by atoms with van der Waals surface area (Å²) in [5.74, 6) is -0.206. The number of aliphatic imine (C=N–C) groups is 1. The second kappa shape index (κ2) is 8.12. The van der Waals surface area contributed by atoms with Gasteiger partial charge in [0.25, 0.3) is 5.91 Å². The average molecular weight is 428 g/mol. The van der Waals surface area contributed by atoms with Crippen LogP contribution in [0.4, 0.5) is 4.39 Å². The highest BCUT2D eigenvalue weighted by molar-refractivity contribution is 8.16. The van der Waals surface area contributed by atoms with E-state index in [0.29, 0.717) is 30.2 Å². The van der Waals surface area contributed by atoms with E-state index >= 15 is 0 Å². The maximum absolute atomic E-state index is 14.0. The van der Waals surface area contributed by atoms with Crippen molar-refractivity contribution < 1.29 is 17.6 Å². The molecule has 0 spiro atoms. The van der Waals surface area contributed by atoms with Crippen LogP contribution in [0.1, 0.15) is 44.7 Å². The van der Waals surface area contributed by atoms with Gasteiger partial charge in [0.2, 0.25) is 10.0 Å². The molecular weight excluding hydrogens is 401 g/mol. The van der Waals surface area contributed by atoms with Crippen LogP contribution in [0.2, 0.25) is 0 Å². The van der Waals surface area contributed by atoms with Crippen LogP contribution >= 0.6 is 11.8 Å². The molecule has 0 aliphatic carbocycles. The van der Waals surface area contributed by atoms with E-state index in [9.17, 15) is 17.6 Å². The van der Waals surface area contributed by atoms with E-state index in [0.717, 1.165) is 12.8 Å². The first-order valence-corrected chi connectivity index (χ1v) is 12.0. The van der Waals surface area contributed by atoms with Gasteiger partial charge < -0.3 is 5.32 Å². The first kappa shape index (κ1) is 21.3. The molecule has 6 nitrogen and oxygen atoms in total. The molecule has 1 fully saturated rings. The molecule has 1 N–H and O–H groups in total. The number of sulfonamides is 1. The third-order valence-electron chi connectivity index (χ3n) is 5.41. The Hall–Kier alpha value is -1.45. The van der Waals surface area contributed by atoms with Crippen molar-refractivity contribution in [3.05, 3.63) is 35.6 Å². The van der Waals surface area contributed by atoms with Crippen LogP contribution in [0.3, 0.4) is 0 Å². The van der Waals surface area contributed by atoms with Gasteiger partial charge >= 0.3 is 0 Å². The minimum Gasteiger partial charge on any atom is -0.358 e. The number of nitrogens with one attached hydrogen (secondary N) is 1. The minimum absolute atomic E-state index is 0.189. The molecule has 0 aromatic heterocycles. The summed E-state index contributed by atoms with van der Waals surface area (Å²) in [7, 11) is -3.16. The van der Waals surface area contributed by atoms with Crippen molar-refractivity contribution in [2.45, 2.75) is 43.9 Å². The van der Waals surface area contributed by atoms with Crippen molar-refractivity contribution in [3.8, 4) is 0 Å². The van der Waals surface area contributed by atoms with Crippen molar-refractivity contribution in [1.29, 1.82) is 0 Å². The predicted octanol–water partition coefficient (Wildman–Crippen LogP) is 2.93. The topological polar surface area (TPSA) is 78.8 Å². The molecule has 2 atom stereocenters. The fourth-order valence-electron chi connectivity index (χ4n) is 3.77. The van der Waals surface area contributed by atoms with Crippen molar-refractivity contribution >= 4 is 32.9 Å². The van der Waals surface area contributed by atoms with Gasteiger partial charge in [0.05, 0.1) is 12.3 Å². The number of hydrogen-bond acceptors (Lipinski definition) is 5. The third kappa shape index (κ3) is 4.75. The molecule has 1 amide bonds. The predicted molar refractivity (Wildman–Crippen MR) is 110 cm³/mol. The molecule has 1 aromatic carbocycles. The van der Waals surface area contributed by atoms with Gasteiger partial charge in [-0.15, -0.1) is 0 Å². The Morgan fingerprint density at radius 2 is 2.00 bits per heavy atom. The molecular formula is C19H26FN3O3S2. The van der Waals surface area contributed by atoms with Crippen molar-refractivity contribution in [1.82, 2.24) is 9.62 Å². The van der Waals surface area contributed by atoms with E-state index in [1.807, 2.05) is 13.8 Å². The number of nitrogens with zero attached hydrogens (tertiary/aromatic N) is 2. The minimum atomic E-state index is -3.16. The number of carbonyl (C=O) groups excluding carboxylic acids is 1. The summed E-state index contributed by atoms with van der Waals surface area (Å²) in [4.78, 5) is 16.7. The smallest absolute Gasteiger partial charge is 0.264 e. The van der Waals surface area contributed by atoms with Gasteiger partial charge in [0.15, 0.2) is 5.17 Å². The fourth-order valence-corrected chi connectivity index (χ4v) is 5.88. The number of carbonyl (C=O) groups is 1. The molecule has 2 aliphatic rings. The maximum atomic E-state index is 14.0. The zero-order valence-corrected chi connectivity index (χ0v) is 17.9. The molecule has 0 bridgehead atoms. The summed E-state index contributed by atoms with van der Waals surface area (Å²) < 4.78 is 38.1. The number of thioether (sulfide) groups is 1. The van der Waals surface area contributed by atoms with E-state index in [1.165, 1.54) is 28.4 Å². The van der Waals surface area contributed by atoms with E-state index < -0.39 is 14.8 Å². The molecule has 3 rings (SSSR count). The molecule has 28 heavy (non-hydrogen) atoms. The molecule has 1 saturated heterocycles. The number of rotatable bonds is 5. The van der Waals surface area contributed by atoms with Gasteiger partial charge in [0.1, 0.15) is 10.6 Å². The van der Waals surface area contributed by atoms with Crippen LogP contribution in [0.15, 0.2) is 29.3 Å². The summed E-state index contributed by atoms with van der Waals surface area (Å²) in [6.07, 6.45) is 3.36. The van der Waals surface area contributed by atoms with E-state index in [1.54, 1.807) is 18.2 Å². The first-order chi connectivity index (χ1) is 13.1. The van der Waals surface area contributed by atoms with E-state index in [-0.39, 0.29) is 23.7 Å². The molecule has 154 valence electrons. The summed E-state index contributed by atoms with van der Waals surface area (Å²) in [5, 5.41) is 3.66. The van der Waals surface area contributed by atoms with Gasteiger partial charge in [-0.1, -0.05) is 30.0 Å². The van der Waals surface area contributed by atoms with Gasteiger partial charge in [-0.3, -0.25) is 4.79 Å². The van der Waals surface area contributed by atoms with Crippen LogP contribution in [0.25, 0.3) is 0 Å². The second-order valence-corrected chi connectivity index (χ2v) is 11.2. The summed E-state index contributed by atoms with van der Waals surface area (Å²) in [6.45, 7) is 4.71. The quantitative estimate of drug-likeness (QED) is 0.782.